The molecule has 3 heterocycles. The van der Waals surface area contributed by atoms with Crippen LogP contribution in [0.4, 0.5) is 29.5 Å². The summed E-state index contributed by atoms with van der Waals surface area (Å²) in [4.78, 5) is 23.2. The van der Waals surface area contributed by atoms with Crippen LogP contribution in [-0.4, -0.2) is 93.2 Å². The fraction of sp³-hybridized carbons (Fsp3) is 0.545. The molecule has 0 saturated carbocycles. The van der Waals surface area contributed by atoms with E-state index in [0.717, 1.165) is 6.42 Å². The van der Waals surface area contributed by atoms with Gasteiger partial charge in [-0.2, -0.15) is 13.2 Å². The zero-order chi connectivity index (χ0) is 24.3. The largest absolute Gasteiger partial charge is 0.497 e. The van der Waals surface area contributed by atoms with Crippen LogP contribution in [0.15, 0.2) is 18.2 Å². The lowest BCUT2D eigenvalue weighted by Crippen LogP contribution is -2.49. The predicted molar refractivity (Wildman–Crippen MR) is 128 cm³/mol. The first-order valence-corrected chi connectivity index (χ1v) is 11.1. The van der Waals surface area contributed by atoms with E-state index in [1.807, 2.05) is 9.80 Å². The SMILES string of the molecule is COc1cc(OCC(F)(F)F)c2c(N)cc(N3CCCN(C(=O)N4CCOCC4)CC3)nc2c1.Cl. The Balaban J connectivity index is 0.00000342. The monoisotopic (exact) mass is 519 g/mol. The molecule has 0 bridgehead atoms. The molecule has 4 rings (SSSR count). The van der Waals surface area contributed by atoms with Crippen LogP contribution in [0.3, 0.4) is 0 Å². The fourth-order valence-electron chi connectivity index (χ4n) is 4.17. The molecule has 2 aliphatic rings. The molecule has 13 heteroatoms. The van der Waals surface area contributed by atoms with Crippen molar-refractivity contribution in [3.8, 4) is 11.5 Å². The molecule has 0 aliphatic carbocycles. The van der Waals surface area contributed by atoms with E-state index in [1.165, 1.54) is 13.2 Å². The van der Waals surface area contributed by atoms with E-state index in [4.69, 9.17) is 19.9 Å². The summed E-state index contributed by atoms with van der Waals surface area (Å²) in [7, 11) is 1.41. The average Bonchev–Trinajstić information content (AvgIpc) is 3.08. The van der Waals surface area contributed by atoms with Crippen molar-refractivity contribution in [2.45, 2.75) is 12.6 Å². The number of nitrogens with zero attached hydrogens (tertiary/aromatic N) is 4. The van der Waals surface area contributed by atoms with Gasteiger partial charge in [0.05, 0.1) is 31.2 Å². The number of urea groups is 1. The Morgan fingerprint density at radius 3 is 2.49 bits per heavy atom. The highest BCUT2D eigenvalue weighted by Crippen LogP contribution is 2.37. The van der Waals surface area contributed by atoms with Crippen LogP contribution in [0.5, 0.6) is 11.5 Å². The van der Waals surface area contributed by atoms with Gasteiger partial charge in [0.25, 0.3) is 0 Å². The van der Waals surface area contributed by atoms with Crippen molar-refractivity contribution in [3.05, 3.63) is 18.2 Å². The third-order valence-corrected chi connectivity index (χ3v) is 5.86. The van der Waals surface area contributed by atoms with Gasteiger partial charge in [-0.3, -0.25) is 0 Å². The number of benzene rings is 1. The van der Waals surface area contributed by atoms with Gasteiger partial charge in [-0.1, -0.05) is 0 Å². The molecule has 0 atom stereocenters. The second-order valence-electron chi connectivity index (χ2n) is 8.20. The lowest BCUT2D eigenvalue weighted by Gasteiger charge is -2.32. The van der Waals surface area contributed by atoms with Gasteiger partial charge in [-0.05, 0) is 6.42 Å². The maximum absolute atomic E-state index is 12.9. The quantitative estimate of drug-likeness (QED) is 0.663. The first-order chi connectivity index (χ1) is 16.2. The number of hydrogen-bond acceptors (Lipinski definition) is 7. The minimum Gasteiger partial charge on any atom is -0.497 e. The summed E-state index contributed by atoms with van der Waals surface area (Å²) in [5.74, 6) is 0.856. The van der Waals surface area contributed by atoms with E-state index in [1.54, 1.807) is 17.0 Å². The van der Waals surface area contributed by atoms with E-state index < -0.39 is 12.8 Å². The Kier molecular flexibility index (Phi) is 8.60. The second-order valence-corrected chi connectivity index (χ2v) is 8.20. The number of morpholine rings is 1. The van der Waals surface area contributed by atoms with E-state index >= 15 is 0 Å². The molecule has 2 saturated heterocycles. The van der Waals surface area contributed by atoms with Gasteiger partial charge in [0.1, 0.15) is 17.3 Å². The number of nitrogens with two attached hydrogens (primary N) is 1. The Morgan fingerprint density at radius 1 is 1.09 bits per heavy atom. The van der Waals surface area contributed by atoms with Crippen LogP contribution in [0.1, 0.15) is 6.42 Å². The minimum atomic E-state index is -4.49. The molecule has 2 aromatic rings. The highest BCUT2D eigenvalue weighted by Gasteiger charge is 2.30. The number of rotatable bonds is 4. The van der Waals surface area contributed by atoms with Crippen LogP contribution in [0, 0.1) is 0 Å². The number of pyridine rings is 1. The molecule has 2 aliphatic heterocycles. The van der Waals surface area contributed by atoms with E-state index in [-0.39, 0.29) is 29.9 Å². The molecule has 0 spiro atoms. The highest BCUT2D eigenvalue weighted by atomic mass is 35.5. The number of ether oxygens (including phenoxy) is 3. The molecule has 1 aromatic carbocycles. The van der Waals surface area contributed by atoms with Crippen LogP contribution >= 0.6 is 12.4 Å². The summed E-state index contributed by atoms with van der Waals surface area (Å²) in [6.45, 7) is 3.17. The Hall–Kier alpha value is -2.86. The molecule has 1 aromatic heterocycles. The fourth-order valence-corrected chi connectivity index (χ4v) is 4.17. The van der Waals surface area contributed by atoms with Crippen molar-refractivity contribution in [2.75, 3.05) is 76.8 Å². The number of aromatic nitrogens is 1. The zero-order valence-corrected chi connectivity index (χ0v) is 20.2. The van der Waals surface area contributed by atoms with Crippen molar-refractivity contribution in [3.63, 3.8) is 0 Å². The predicted octanol–water partition coefficient (Wildman–Crippen LogP) is 3.15. The third-order valence-electron chi connectivity index (χ3n) is 5.86. The Labute approximate surface area is 207 Å². The van der Waals surface area contributed by atoms with Crippen molar-refractivity contribution in [1.82, 2.24) is 14.8 Å². The number of amides is 2. The van der Waals surface area contributed by atoms with E-state index in [2.05, 4.69) is 4.98 Å². The molecule has 0 radical (unpaired) electrons. The number of halogens is 4. The number of methoxy groups -OCH3 is 1. The van der Waals surface area contributed by atoms with Crippen LogP contribution in [0.2, 0.25) is 0 Å². The van der Waals surface area contributed by atoms with Gasteiger partial charge in [0.15, 0.2) is 6.61 Å². The van der Waals surface area contributed by atoms with Crippen LogP contribution in [-0.2, 0) is 4.74 Å². The first-order valence-electron chi connectivity index (χ1n) is 11.1. The summed E-state index contributed by atoms with van der Waals surface area (Å²) in [5.41, 5.74) is 6.88. The number of carbonyl (C=O) groups is 1. The number of nitrogen functional groups attached to an aromatic ring is 1. The zero-order valence-electron chi connectivity index (χ0n) is 19.3. The van der Waals surface area contributed by atoms with E-state index in [9.17, 15) is 18.0 Å². The lowest BCUT2D eigenvalue weighted by atomic mass is 10.1. The number of carbonyl (C=O) groups excluding carboxylic acids is 1. The molecule has 2 fully saturated rings. The van der Waals surface area contributed by atoms with Crippen molar-refractivity contribution in [2.24, 2.45) is 0 Å². The minimum absolute atomic E-state index is 0. The molecule has 0 unspecified atom stereocenters. The van der Waals surface area contributed by atoms with Gasteiger partial charge in [0.2, 0.25) is 0 Å². The molecule has 194 valence electrons. The van der Waals surface area contributed by atoms with Crippen LogP contribution < -0.4 is 20.1 Å². The standard InChI is InChI=1S/C22H28F3N5O4.ClH/c1-32-15-11-17-20(18(12-15)34-14-22(23,24)25)16(26)13-19(27-17)28-3-2-4-29(6-5-28)21(31)30-7-9-33-10-8-30;/h11-13H,2-10,14H2,1H3,(H2,26,27);1H. The molecule has 2 N–H and O–H groups in total. The molecular weight excluding hydrogens is 491 g/mol. The lowest BCUT2D eigenvalue weighted by molar-refractivity contribution is -0.153. The van der Waals surface area contributed by atoms with E-state index in [0.29, 0.717) is 75.0 Å². The van der Waals surface area contributed by atoms with Crippen molar-refractivity contribution in [1.29, 1.82) is 0 Å². The molecule has 2 amide bonds. The Morgan fingerprint density at radius 2 is 1.80 bits per heavy atom. The van der Waals surface area contributed by atoms with Crippen LogP contribution in [0.25, 0.3) is 10.9 Å². The molecule has 9 nitrogen and oxygen atoms in total. The molecule has 35 heavy (non-hydrogen) atoms. The summed E-state index contributed by atoms with van der Waals surface area (Å²) < 4.78 is 53.8. The van der Waals surface area contributed by atoms with Gasteiger partial charge in [-0.25, -0.2) is 9.78 Å². The number of alkyl halides is 3. The Bertz CT molecular complexity index is 1040. The normalized spacial score (nSPS) is 17.1. The highest BCUT2D eigenvalue weighted by molar-refractivity contribution is 5.98. The average molecular weight is 520 g/mol. The first kappa shape index (κ1) is 26.7. The van der Waals surface area contributed by atoms with Gasteiger partial charge < -0.3 is 34.6 Å². The molecular formula is C22H29ClF3N5O4. The maximum Gasteiger partial charge on any atom is 0.422 e. The summed E-state index contributed by atoms with van der Waals surface area (Å²) in [6, 6.07) is 4.62. The smallest absolute Gasteiger partial charge is 0.422 e. The third kappa shape index (κ3) is 6.43. The number of fused-ring (bicyclic) bond motifs is 1. The second kappa shape index (κ2) is 11.3. The summed E-state index contributed by atoms with van der Waals surface area (Å²) >= 11 is 0. The number of hydrogen-bond donors (Lipinski definition) is 1. The summed E-state index contributed by atoms with van der Waals surface area (Å²) in [6.07, 6.45) is -3.75. The van der Waals surface area contributed by atoms with Crippen molar-refractivity contribution < 1.29 is 32.2 Å². The maximum atomic E-state index is 12.9. The van der Waals surface area contributed by atoms with Gasteiger partial charge in [-0.15, -0.1) is 12.4 Å². The summed E-state index contributed by atoms with van der Waals surface area (Å²) in [5, 5.41) is 0.299. The topological polar surface area (TPSA) is 93.4 Å². The van der Waals surface area contributed by atoms with Crippen molar-refractivity contribution >= 4 is 40.8 Å². The van der Waals surface area contributed by atoms with Gasteiger partial charge in [0, 0.05) is 63.2 Å². The number of anilines is 2. The van der Waals surface area contributed by atoms with Gasteiger partial charge >= 0.3 is 12.2 Å².